The third-order valence-electron chi connectivity index (χ3n) is 4.72. The first-order chi connectivity index (χ1) is 13.4. The molecular weight excluding hydrogens is 362 g/mol. The summed E-state index contributed by atoms with van der Waals surface area (Å²) in [7, 11) is 0. The van der Waals surface area contributed by atoms with Crippen molar-refractivity contribution < 1.29 is 18.7 Å². The molecule has 1 N–H and O–H groups in total. The van der Waals surface area contributed by atoms with Crippen molar-refractivity contribution in [3.63, 3.8) is 0 Å². The second kappa shape index (κ2) is 6.56. The van der Waals surface area contributed by atoms with Gasteiger partial charge in [-0.25, -0.2) is 4.79 Å². The van der Waals surface area contributed by atoms with E-state index < -0.39 is 17.5 Å². The van der Waals surface area contributed by atoms with Gasteiger partial charge in [0.1, 0.15) is 0 Å². The minimum absolute atomic E-state index is 0.181. The lowest BCUT2D eigenvalue weighted by atomic mass is 10.0. The summed E-state index contributed by atoms with van der Waals surface area (Å²) in [5.41, 5.74) is 1.38. The van der Waals surface area contributed by atoms with Gasteiger partial charge >= 0.3 is 5.97 Å². The van der Waals surface area contributed by atoms with Crippen LogP contribution in [0, 0.1) is 0 Å². The number of aromatic nitrogens is 2. The largest absolute Gasteiger partial charge is 0.478 e. The molecule has 0 atom stereocenters. The number of alkyl halides is 2. The molecule has 6 heteroatoms. The monoisotopic (exact) mass is 378 g/mol. The van der Waals surface area contributed by atoms with Gasteiger partial charge in [-0.05, 0) is 36.4 Å². The molecule has 2 aromatic carbocycles. The van der Waals surface area contributed by atoms with Crippen molar-refractivity contribution in [2.24, 2.45) is 0 Å². The fourth-order valence-electron chi connectivity index (χ4n) is 3.33. The molecule has 0 spiro atoms. The van der Waals surface area contributed by atoms with Crippen molar-refractivity contribution >= 4 is 27.8 Å². The predicted octanol–water partition coefficient (Wildman–Crippen LogP) is 5.21. The van der Waals surface area contributed by atoms with E-state index in [0.717, 1.165) is 22.7 Å². The number of carboxylic acid groups (broad SMARTS) is 1. The first kappa shape index (κ1) is 17.9. The van der Waals surface area contributed by atoms with Crippen molar-refractivity contribution in [3.05, 3.63) is 90.3 Å². The number of aromatic carboxylic acids is 1. The third-order valence-corrected chi connectivity index (χ3v) is 4.72. The van der Waals surface area contributed by atoms with Gasteiger partial charge in [0.25, 0.3) is 5.92 Å². The first-order valence-corrected chi connectivity index (χ1v) is 8.62. The van der Waals surface area contributed by atoms with E-state index in [1.807, 2.05) is 36.4 Å². The van der Waals surface area contributed by atoms with Crippen LogP contribution in [-0.4, -0.2) is 20.6 Å². The number of benzene rings is 2. The Kier molecular flexibility index (Phi) is 4.19. The van der Waals surface area contributed by atoms with Crippen LogP contribution in [0.1, 0.15) is 21.6 Å². The average Bonchev–Trinajstić information content (AvgIpc) is 3.10. The zero-order valence-electron chi connectivity index (χ0n) is 14.8. The fraction of sp³-hybridized carbons (Fsp3) is 0.0909. The number of hydrogen-bond donors (Lipinski definition) is 1. The number of nitrogens with zero attached hydrogens (tertiary/aromatic N) is 2. The van der Waals surface area contributed by atoms with Gasteiger partial charge in [0.2, 0.25) is 0 Å². The highest BCUT2D eigenvalue weighted by atomic mass is 19.3. The molecule has 0 aliphatic carbocycles. The molecule has 0 bridgehead atoms. The summed E-state index contributed by atoms with van der Waals surface area (Å²) >= 11 is 0. The molecule has 4 nitrogen and oxygen atoms in total. The Morgan fingerprint density at radius 2 is 1.93 bits per heavy atom. The molecule has 0 unspecified atom stereocenters. The van der Waals surface area contributed by atoms with E-state index in [1.165, 1.54) is 6.07 Å². The Balaban J connectivity index is 1.83. The molecule has 0 fully saturated rings. The molecule has 0 saturated heterocycles. The van der Waals surface area contributed by atoms with Crippen LogP contribution in [0.5, 0.6) is 0 Å². The average molecular weight is 378 g/mol. The van der Waals surface area contributed by atoms with Gasteiger partial charge in [-0.3, -0.25) is 4.98 Å². The number of fused-ring (bicyclic) bond motifs is 2. The molecule has 4 aromatic rings. The number of para-hydroxylation sites is 1. The number of hydrogen-bond acceptors (Lipinski definition) is 2. The maximum Gasteiger partial charge on any atom is 0.337 e. The number of halogens is 2. The van der Waals surface area contributed by atoms with Gasteiger partial charge in [0.15, 0.2) is 0 Å². The van der Waals surface area contributed by atoms with Crippen LogP contribution in [0.25, 0.3) is 21.8 Å². The van der Waals surface area contributed by atoms with E-state index in [-0.39, 0.29) is 5.56 Å². The van der Waals surface area contributed by atoms with Gasteiger partial charge in [0, 0.05) is 22.5 Å². The minimum Gasteiger partial charge on any atom is -0.478 e. The summed E-state index contributed by atoms with van der Waals surface area (Å²) in [5.74, 6) is -4.57. The summed E-state index contributed by atoms with van der Waals surface area (Å²) in [6.07, 6.45) is 2.19. The lowest BCUT2D eigenvalue weighted by Gasteiger charge is -2.14. The van der Waals surface area contributed by atoms with Crippen LogP contribution in [0.15, 0.2) is 73.4 Å². The normalized spacial score (nSPS) is 11.8. The van der Waals surface area contributed by atoms with Crippen molar-refractivity contribution in [3.8, 4) is 0 Å². The molecule has 4 rings (SSSR count). The smallest absolute Gasteiger partial charge is 0.337 e. The highest BCUT2D eigenvalue weighted by Gasteiger charge is 2.29. The standard InChI is InChI=1S/C22H16F2N2O2/c1-2-22(23,24)16-11-15-9-10-26(20(15)18(12-16)21(27)28)13-17-8-7-14-5-3-4-6-19(14)25-17/h2-12H,1,13H2,(H,27,28). The van der Waals surface area contributed by atoms with Gasteiger partial charge in [-0.1, -0.05) is 30.8 Å². The van der Waals surface area contributed by atoms with Crippen molar-refractivity contribution in [1.82, 2.24) is 9.55 Å². The number of carbonyl (C=O) groups is 1. The molecule has 140 valence electrons. The lowest BCUT2D eigenvalue weighted by molar-refractivity contribution is 0.0525. The third kappa shape index (κ3) is 3.03. The molecule has 0 aliphatic rings. The van der Waals surface area contributed by atoms with Crippen LogP contribution in [0.2, 0.25) is 0 Å². The first-order valence-electron chi connectivity index (χ1n) is 8.62. The maximum absolute atomic E-state index is 14.0. The van der Waals surface area contributed by atoms with Crippen molar-refractivity contribution in [2.75, 3.05) is 0 Å². The van der Waals surface area contributed by atoms with Gasteiger partial charge in [0.05, 0.1) is 28.8 Å². The highest BCUT2D eigenvalue weighted by molar-refractivity contribution is 6.03. The zero-order valence-corrected chi connectivity index (χ0v) is 14.8. The zero-order chi connectivity index (χ0) is 19.9. The summed E-state index contributed by atoms with van der Waals surface area (Å²) in [5, 5.41) is 11.0. The van der Waals surface area contributed by atoms with Gasteiger partial charge in [-0.2, -0.15) is 8.78 Å². The Hall–Kier alpha value is -3.54. The van der Waals surface area contributed by atoms with E-state index in [0.29, 0.717) is 23.5 Å². The molecule has 2 aromatic heterocycles. The topological polar surface area (TPSA) is 55.1 Å². The van der Waals surface area contributed by atoms with Gasteiger partial charge in [-0.15, -0.1) is 0 Å². The molecule has 0 amide bonds. The minimum atomic E-state index is -3.31. The lowest BCUT2D eigenvalue weighted by Crippen LogP contribution is -2.12. The molecular formula is C22H16F2N2O2. The van der Waals surface area contributed by atoms with E-state index in [4.69, 9.17) is 0 Å². The Bertz CT molecular complexity index is 1230. The van der Waals surface area contributed by atoms with Crippen LogP contribution in [-0.2, 0) is 12.5 Å². The molecule has 0 aliphatic heterocycles. The number of allylic oxidation sites excluding steroid dienone is 1. The number of pyridine rings is 1. The van der Waals surface area contributed by atoms with E-state index in [9.17, 15) is 18.7 Å². The maximum atomic E-state index is 14.0. The van der Waals surface area contributed by atoms with Crippen LogP contribution in [0.3, 0.4) is 0 Å². The quantitative estimate of drug-likeness (QED) is 0.485. The summed E-state index contributed by atoms with van der Waals surface area (Å²) in [6.45, 7) is 3.46. The van der Waals surface area contributed by atoms with E-state index in [2.05, 4.69) is 11.6 Å². The summed E-state index contributed by atoms with van der Waals surface area (Å²) in [6, 6.07) is 15.4. The Morgan fingerprint density at radius 3 is 2.68 bits per heavy atom. The van der Waals surface area contributed by atoms with Crippen molar-refractivity contribution in [1.29, 1.82) is 0 Å². The Morgan fingerprint density at radius 1 is 1.14 bits per heavy atom. The van der Waals surface area contributed by atoms with Gasteiger partial charge < -0.3 is 9.67 Å². The van der Waals surface area contributed by atoms with E-state index >= 15 is 0 Å². The highest BCUT2D eigenvalue weighted by Crippen LogP contribution is 2.34. The van der Waals surface area contributed by atoms with E-state index in [1.54, 1.807) is 16.8 Å². The number of carboxylic acids is 1. The summed E-state index contributed by atoms with van der Waals surface area (Å²) < 4.78 is 29.8. The molecule has 2 heterocycles. The SMILES string of the molecule is C=CC(F)(F)c1cc(C(=O)O)c2c(ccn2Cc2ccc3ccccc3n2)c1. The second-order valence-electron chi connectivity index (χ2n) is 6.53. The molecule has 0 radical (unpaired) electrons. The van der Waals surface area contributed by atoms with Crippen LogP contribution >= 0.6 is 0 Å². The molecule has 0 saturated carbocycles. The number of rotatable bonds is 5. The van der Waals surface area contributed by atoms with Crippen molar-refractivity contribution in [2.45, 2.75) is 12.5 Å². The molecule has 28 heavy (non-hydrogen) atoms. The Labute approximate surface area is 159 Å². The van der Waals surface area contributed by atoms with Crippen LogP contribution < -0.4 is 0 Å². The fourth-order valence-corrected chi connectivity index (χ4v) is 3.33. The predicted molar refractivity (Wildman–Crippen MR) is 104 cm³/mol. The second-order valence-corrected chi connectivity index (χ2v) is 6.53. The summed E-state index contributed by atoms with van der Waals surface area (Å²) in [4.78, 5) is 16.4. The van der Waals surface area contributed by atoms with Crippen LogP contribution in [0.4, 0.5) is 8.78 Å².